The van der Waals surface area contributed by atoms with E-state index in [0.717, 1.165) is 12.3 Å². The molecule has 106 valence electrons. The van der Waals surface area contributed by atoms with Crippen molar-refractivity contribution in [3.8, 4) is 5.75 Å². The molecule has 0 radical (unpaired) electrons. The van der Waals surface area contributed by atoms with E-state index in [0.29, 0.717) is 36.1 Å². The lowest BCUT2D eigenvalue weighted by Gasteiger charge is -2.14. The lowest BCUT2D eigenvalue weighted by atomic mass is 10.1. The van der Waals surface area contributed by atoms with Crippen LogP contribution in [0.4, 0.5) is 0 Å². The minimum Gasteiger partial charge on any atom is -0.490 e. The molecule has 0 bridgehead atoms. The van der Waals surface area contributed by atoms with Gasteiger partial charge in [0.15, 0.2) is 0 Å². The van der Waals surface area contributed by atoms with Crippen molar-refractivity contribution in [2.24, 2.45) is 11.7 Å². The lowest BCUT2D eigenvalue weighted by Crippen LogP contribution is -2.18. The topological polar surface area (TPSA) is 81.2 Å². The number of nitrogens with one attached hydrogen (secondary N) is 1. The first kappa shape index (κ1) is 15.4. The molecule has 1 rings (SSSR count). The molecular weight excluding hydrogens is 242 g/mol. The summed E-state index contributed by atoms with van der Waals surface area (Å²) in [6.45, 7) is 9.60. The van der Waals surface area contributed by atoms with Crippen LogP contribution in [0.3, 0.4) is 0 Å². The number of rotatable bonds is 7. The van der Waals surface area contributed by atoms with E-state index >= 15 is 0 Å². The molecule has 0 saturated carbocycles. The van der Waals surface area contributed by atoms with Gasteiger partial charge in [-0.15, -0.1) is 0 Å². The number of nitrogens with two attached hydrogens (primary N) is 1. The van der Waals surface area contributed by atoms with Crippen molar-refractivity contribution in [2.45, 2.75) is 27.7 Å². The number of ether oxygens (including phenoxy) is 2. The molecule has 0 spiro atoms. The maximum Gasteiger partial charge on any atom is 0.133 e. The second kappa shape index (κ2) is 7.09. The fraction of sp³-hybridized carbons (Fsp3) is 0.571. The van der Waals surface area contributed by atoms with E-state index in [9.17, 15) is 0 Å². The Kier molecular flexibility index (Phi) is 5.76. The van der Waals surface area contributed by atoms with E-state index in [2.05, 4.69) is 18.8 Å². The molecule has 0 atom stereocenters. The van der Waals surface area contributed by atoms with Crippen LogP contribution in [0.5, 0.6) is 5.75 Å². The van der Waals surface area contributed by atoms with Gasteiger partial charge in [0.1, 0.15) is 18.2 Å². The molecule has 0 aromatic carbocycles. The minimum atomic E-state index is -0.0249. The van der Waals surface area contributed by atoms with Crippen molar-refractivity contribution >= 4 is 5.84 Å². The van der Waals surface area contributed by atoms with Gasteiger partial charge < -0.3 is 15.2 Å². The SMILES string of the molecule is Cc1cc(OCCOCC(C)C)c(C(=N)N)c(C)n1. The molecule has 0 unspecified atom stereocenters. The summed E-state index contributed by atoms with van der Waals surface area (Å²) in [4.78, 5) is 4.29. The summed E-state index contributed by atoms with van der Waals surface area (Å²) in [5, 5.41) is 7.59. The highest BCUT2D eigenvalue weighted by atomic mass is 16.5. The summed E-state index contributed by atoms with van der Waals surface area (Å²) >= 11 is 0. The molecular formula is C14H23N3O2. The quantitative estimate of drug-likeness (QED) is 0.449. The van der Waals surface area contributed by atoms with Gasteiger partial charge in [0.2, 0.25) is 0 Å². The van der Waals surface area contributed by atoms with Crippen LogP contribution in [0, 0.1) is 25.2 Å². The monoisotopic (exact) mass is 265 g/mol. The number of aromatic nitrogens is 1. The van der Waals surface area contributed by atoms with Crippen molar-refractivity contribution in [1.29, 1.82) is 5.41 Å². The van der Waals surface area contributed by atoms with Gasteiger partial charge in [-0.1, -0.05) is 13.8 Å². The fourth-order valence-corrected chi connectivity index (χ4v) is 1.76. The number of nitrogens with zero attached hydrogens (tertiary/aromatic N) is 1. The van der Waals surface area contributed by atoms with E-state index < -0.39 is 0 Å². The highest BCUT2D eigenvalue weighted by molar-refractivity contribution is 5.98. The molecule has 0 amide bonds. The Morgan fingerprint density at radius 1 is 1.37 bits per heavy atom. The average molecular weight is 265 g/mol. The zero-order chi connectivity index (χ0) is 14.4. The van der Waals surface area contributed by atoms with E-state index in [1.165, 1.54) is 0 Å². The summed E-state index contributed by atoms with van der Waals surface area (Å²) in [7, 11) is 0. The van der Waals surface area contributed by atoms with Crippen molar-refractivity contribution in [2.75, 3.05) is 19.8 Å². The maximum atomic E-state index is 7.59. The normalized spacial score (nSPS) is 10.8. The Labute approximate surface area is 114 Å². The van der Waals surface area contributed by atoms with Gasteiger partial charge in [-0.05, 0) is 19.8 Å². The Morgan fingerprint density at radius 3 is 2.63 bits per heavy atom. The first-order valence-corrected chi connectivity index (χ1v) is 6.45. The van der Waals surface area contributed by atoms with E-state index in [4.69, 9.17) is 20.6 Å². The molecule has 0 fully saturated rings. The second-order valence-electron chi connectivity index (χ2n) is 4.95. The molecule has 5 heteroatoms. The van der Waals surface area contributed by atoms with Gasteiger partial charge in [-0.3, -0.25) is 10.4 Å². The van der Waals surface area contributed by atoms with E-state index in [-0.39, 0.29) is 5.84 Å². The number of aryl methyl sites for hydroxylation is 2. The fourth-order valence-electron chi connectivity index (χ4n) is 1.76. The summed E-state index contributed by atoms with van der Waals surface area (Å²) in [5.41, 5.74) is 7.69. The first-order chi connectivity index (χ1) is 8.91. The van der Waals surface area contributed by atoms with Crippen LogP contribution in [-0.4, -0.2) is 30.6 Å². The van der Waals surface area contributed by atoms with Crippen LogP contribution in [0.15, 0.2) is 6.07 Å². The van der Waals surface area contributed by atoms with E-state index in [1.807, 2.05) is 13.8 Å². The smallest absolute Gasteiger partial charge is 0.133 e. The van der Waals surface area contributed by atoms with Gasteiger partial charge in [0.05, 0.1) is 17.9 Å². The molecule has 5 nitrogen and oxygen atoms in total. The molecule has 0 saturated heterocycles. The summed E-state index contributed by atoms with van der Waals surface area (Å²) in [6, 6.07) is 1.80. The Bertz CT molecular complexity index is 445. The third kappa shape index (κ3) is 4.87. The Balaban J connectivity index is 2.64. The maximum absolute atomic E-state index is 7.59. The predicted molar refractivity (Wildman–Crippen MR) is 75.9 cm³/mol. The first-order valence-electron chi connectivity index (χ1n) is 6.45. The molecule has 1 heterocycles. The van der Waals surface area contributed by atoms with Crippen molar-refractivity contribution in [3.05, 3.63) is 23.0 Å². The number of pyridine rings is 1. The van der Waals surface area contributed by atoms with Crippen LogP contribution in [0.1, 0.15) is 30.8 Å². The predicted octanol–water partition coefficient (Wildman–Crippen LogP) is 2.03. The second-order valence-corrected chi connectivity index (χ2v) is 4.95. The number of hydrogen-bond acceptors (Lipinski definition) is 4. The van der Waals surface area contributed by atoms with Crippen molar-refractivity contribution in [3.63, 3.8) is 0 Å². The third-order valence-electron chi connectivity index (χ3n) is 2.50. The van der Waals surface area contributed by atoms with Crippen molar-refractivity contribution < 1.29 is 9.47 Å². The zero-order valence-electron chi connectivity index (χ0n) is 12.1. The van der Waals surface area contributed by atoms with Gasteiger partial charge in [-0.25, -0.2) is 0 Å². The molecule has 0 aliphatic carbocycles. The summed E-state index contributed by atoms with van der Waals surface area (Å²) in [6.07, 6.45) is 0. The highest BCUT2D eigenvalue weighted by Gasteiger charge is 2.12. The van der Waals surface area contributed by atoms with Crippen LogP contribution in [-0.2, 0) is 4.74 Å². The summed E-state index contributed by atoms with van der Waals surface area (Å²) in [5.74, 6) is 1.09. The lowest BCUT2D eigenvalue weighted by molar-refractivity contribution is 0.0818. The summed E-state index contributed by atoms with van der Waals surface area (Å²) < 4.78 is 11.1. The molecule has 0 aliphatic heterocycles. The average Bonchev–Trinajstić information content (AvgIpc) is 2.26. The van der Waals surface area contributed by atoms with Crippen LogP contribution in [0.2, 0.25) is 0 Å². The van der Waals surface area contributed by atoms with Gasteiger partial charge in [0, 0.05) is 18.4 Å². The largest absolute Gasteiger partial charge is 0.490 e. The molecule has 0 aliphatic rings. The van der Waals surface area contributed by atoms with E-state index in [1.54, 1.807) is 6.07 Å². The Hall–Kier alpha value is -1.62. The Morgan fingerprint density at radius 2 is 2.05 bits per heavy atom. The van der Waals surface area contributed by atoms with Gasteiger partial charge in [-0.2, -0.15) is 0 Å². The molecule has 1 aromatic heterocycles. The molecule has 3 N–H and O–H groups in total. The van der Waals surface area contributed by atoms with Crippen LogP contribution >= 0.6 is 0 Å². The standard InChI is InChI=1S/C14H23N3O2/c1-9(2)8-18-5-6-19-12-7-10(3)17-11(4)13(12)14(15)16/h7,9H,5-6,8H2,1-4H3,(H3,15,16). The molecule has 19 heavy (non-hydrogen) atoms. The van der Waals surface area contributed by atoms with Crippen molar-refractivity contribution in [1.82, 2.24) is 4.98 Å². The highest BCUT2D eigenvalue weighted by Crippen LogP contribution is 2.21. The number of hydrogen-bond donors (Lipinski definition) is 2. The minimum absolute atomic E-state index is 0.0249. The molecule has 1 aromatic rings. The van der Waals surface area contributed by atoms with Crippen LogP contribution in [0.25, 0.3) is 0 Å². The van der Waals surface area contributed by atoms with Gasteiger partial charge in [0.25, 0.3) is 0 Å². The van der Waals surface area contributed by atoms with Gasteiger partial charge >= 0.3 is 0 Å². The number of nitrogen functional groups attached to an aromatic ring is 1. The third-order valence-corrected chi connectivity index (χ3v) is 2.50. The zero-order valence-corrected chi connectivity index (χ0v) is 12.1. The van der Waals surface area contributed by atoms with Crippen LogP contribution < -0.4 is 10.5 Å². The number of amidine groups is 1.